The molecule has 0 aromatic rings. The number of hydrogen-bond acceptors (Lipinski definition) is 2. The summed E-state index contributed by atoms with van der Waals surface area (Å²) in [6.45, 7) is 10.6. The Bertz CT molecular complexity index is 302. The van der Waals surface area contributed by atoms with Gasteiger partial charge in [0.15, 0.2) is 0 Å². The maximum Gasteiger partial charge on any atom is 0.227 e. The van der Waals surface area contributed by atoms with E-state index in [2.05, 4.69) is 33.8 Å². The van der Waals surface area contributed by atoms with E-state index in [9.17, 15) is 4.79 Å². The molecule has 3 nitrogen and oxygen atoms in total. The molecule has 0 bridgehead atoms. The first-order valence-electron chi connectivity index (χ1n) is 6.48. The van der Waals surface area contributed by atoms with E-state index < -0.39 is 0 Å². The van der Waals surface area contributed by atoms with Crippen molar-refractivity contribution in [3.8, 4) is 0 Å². The molecule has 0 aromatic heterocycles. The fourth-order valence-electron chi connectivity index (χ4n) is 2.24. The molecule has 1 heterocycles. The monoisotopic (exact) mass is 238 g/mol. The zero-order valence-corrected chi connectivity index (χ0v) is 11.6. The highest BCUT2D eigenvalue weighted by Crippen LogP contribution is 2.25. The van der Waals surface area contributed by atoms with Crippen LogP contribution in [0.3, 0.4) is 0 Å². The third kappa shape index (κ3) is 4.50. The lowest BCUT2D eigenvalue weighted by Crippen LogP contribution is -2.42. The number of nitrogens with two attached hydrogens (primary N) is 1. The van der Waals surface area contributed by atoms with Gasteiger partial charge in [-0.05, 0) is 25.2 Å². The van der Waals surface area contributed by atoms with Crippen LogP contribution in [0.4, 0.5) is 0 Å². The highest BCUT2D eigenvalue weighted by atomic mass is 16.2. The summed E-state index contributed by atoms with van der Waals surface area (Å²) in [6, 6.07) is 0. The highest BCUT2D eigenvalue weighted by molar-refractivity contribution is 5.79. The van der Waals surface area contributed by atoms with Crippen LogP contribution in [0.15, 0.2) is 11.6 Å². The van der Waals surface area contributed by atoms with Crippen LogP contribution in [-0.4, -0.2) is 30.4 Å². The van der Waals surface area contributed by atoms with Gasteiger partial charge >= 0.3 is 0 Å². The molecule has 1 atom stereocenters. The number of nitrogens with zero attached hydrogens (tertiary/aromatic N) is 1. The Morgan fingerprint density at radius 3 is 2.59 bits per heavy atom. The predicted octanol–water partition coefficient (Wildman–Crippen LogP) is 2.18. The molecule has 0 aromatic carbocycles. The molecule has 0 saturated carbocycles. The highest BCUT2D eigenvalue weighted by Gasteiger charge is 2.27. The average molecular weight is 238 g/mol. The van der Waals surface area contributed by atoms with Crippen LogP contribution in [0.5, 0.6) is 0 Å². The third-order valence-corrected chi connectivity index (χ3v) is 3.24. The van der Waals surface area contributed by atoms with Crippen molar-refractivity contribution >= 4 is 5.91 Å². The molecule has 17 heavy (non-hydrogen) atoms. The Kier molecular flexibility index (Phi) is 4.75. The molecular weight excluding hydrogens is 212 g/mol. The SMILES string of the molecule is CC1=CCN(C(=O)C(CN)CC(C)(C)C)CC1. The minimum absolute atomic E-state index is 0.0261. The molecule has 1 amide bonds. The van der Waals surface area contributed by atoms with Crippen LogP contribution in [-0.2, 0) is 4.79 Å². The second-order valence-corrected chi connectivity index (χ2v) is 6.28. The number of carbonyl (C=O) groups excluding carboxylic acids is 1. The lowest BCUT2D eigenvalue weighted by molar-refractivity contribution is -0.135. The minimum atomic E-state index is -0.0261. The van der Waals surface area contributed by atoms with Crippen molar-refractivity contribution in [2.75, 3.05) is 19.6 Å². The summed E-state index contributed by atoms with van der Waals surface area (Å²) >= 11 is 0. The number of hydrogen-bond donors (Lipinski definition) is 1. The normalized spacial score (nSPS) is 18.9. The molecule has 0 aliphatic carbocycles. The first-order chi connectivity index (χ1) is 7.83. The molecule has 2 N–H and O–H groups in total. The van der Waals surface area contributed by atoms with E-state index in [4.69, 9.17) is 5.73 Å². The van der Waals surface area contributed by atoms with Crippen molar-refractivity contribution in [3.05, 3.63) is 11.6 Å². The fourth-order valence-corrected chi connectivity index (χ4v) is 2.24. The summed E-state index contributed by atoms with van der Waals surface area (Å²) in [7, 11) is 0. The first kappa shape index (κ1) is 14.2. The molecule has 1 rings (SSSR count). The van der Waals surface area contributed by atoms with Crippen LogP contribution in [0, 0.1) is 11.3 Å². The van der Waals surface area contributed by atoms with E-state index in [1.165, 1.54) is 5.57 Å². The lowest BCUT2D eigenvalue weighted by Gasteiger charge is -2.31. The Labute approximate surface area is 105 Å². The Morgan fingerprint density at radius 1 is 1.53 bits per heavy atom. The van der Waals surface area contributed by atoms with Crippen LogP contribution in [0.25, 0.3) is 0 Å². The van der Waals surface area contributed by atoms with Crippen LogP contribution in [0.1, 0.15) is 40.5 Å². The second-order valence-electron chi connectivity index (χ2n) is 6.28. The van der Waals surface area contributed by atoms with Gasteiger partial charge < -0.3 is 10.6 Å². The van der Waals surface area contributed by atoms with E-state index in [1.807, 2.05) is 4.90 Å². The van der Waals surface area contributed by atoms with Gasteiger partial charge in [-0.1, -0.05) is 32.4 Å². The first-order valence-corrected chi connectivity index (χ1v) is 6.48. The molecular formula is C14H26N2O. The molecule has 3 heteroatoms. The largest absolute Gasteiger partial charge is 0.338 e. The van der Waals surface area contributed by atoms with E-state index >= 15 is 0 Å². The Hall–Kier alpha value is -0.830. The molecule has 98 valence electrons. The van der Waals surface area contributed by atoms with Gasteiger partial charge in [0, 0.05) is 19.6 Å². The number of amides is 1. The van der Waals surface area contributed by atoms with Crippen molar-refractivity contribution in [1.29, 1.82) is 0 Å². The standard InChI is InChI=1S/C14H26N2O/c1-11-5-7-16(8-6-11)13(17)12(10-15)9-14(2,3)4/h5,12H,6-10,15H2,1-4H3. The summed E-state index contributed by atoms with van der Waals surface area (Å²) in [6.07, 6.45) is 4.01. The topological polar surface area (TPSA) is 46.3 Å². The van der Waals surface area contributed by atoms with Crippen molar-refractivity contribution < 1.29 is 4.79 Å². The molecule has 0 fully saturated rings. The van der Waals surface area contributed by atoms with Gasteiger partial charge in [-0.3, -0.25) is 4.79 Å². The molecule has 1 aliphatic heterocycles. The summed E-state index contributed by atoms with van der Waals surface area (Å²) < 4.78 is 0. The maximum absolute atomic E-state index is 12.3. The quantitative estimate of drug-likeness (QED) is 0.766. The zero-order valence-electron chi connectivity index (χ0n) is 11.6. The summed E-state index contributed by atoms with van der Waals surface area (Å²) in [5.74, 6) is 0.202. The summed E-state index contributed by atoms with van der Waals surface area (Å²) in [4.78, 5) is 14.3. The summed E-state index contributed by atoms with van der Waals surface area (Å²) in [5, 5.41) is 0. The van der Waals surface area contributed by atoms with E-state index in [0.29, 0.717) is 6.54 Å². The van der Waals surface area contributed by atoms with E-state index in [0.717, 1.165) is 25.9 Å². The summed E-state index contributed by atoms with van der Waals surface area (Å²) in [5.41, 5.74) is 7.29. The number of carbonyl (C=O) groups is 1. The molecule has 1 unspecified atom stereocenters. The van der Waals surface area contributed by atoms with Gasteiger partial charge in [0.25, 0.3) is 0 Å². The average Bonchev–Trinajstić information content (AvgIpc) is 2.25. The Balaban J connectivity index is 2.61. The Morgan fingerprint density at radius 2 is 2.18 bits per heavy atom. The molecule has 0 saturated heterocycles. The van der Waals surface area contributed by atoms with Gasteiger partial charge in [-0.15, -0.1) is 0 Å². The fraction of sp³-hybridized carbons (Fsp3) is 0.786. The second kappa shape index (κ2) is 5.67. The van der Waals surface area contributed by atoms with E-state index in [1.54, 1.807) is 0 Å². The van der Waals surface area contributed by atoms with Gasteiger partial charge in [-0.2, -0.15) is 0 Å². The zero-order chi connectivity index (χ0) is 13.1. The van der Waals surface area contributed by atoms with Gasteiger partial charge in [0.1, 0.15) is 0 Å². The molecule has 1 aliphatic rings. The van der Waals surface area contributed by atoms with Crippen LogP contribution < -0.4 is 5.73 Å². The lowest BCUT2D eigenvalue weighted by atomic mass is 9.84. The van der Waals surface area contributed by atoms with Gasteiger partial charge in [0.2, 0.25) is 5.91 Å². The van der Waals surface area contributed by atoms with Crippen molar-refractivity contribution in [2.24, 2.45) is 17.1 Å². The van der Waals surface area contributed by atoms with Crippen molar-refractivity contribution in [2.45, 2.75) is 40.5 Å². The van der Waals surface area contributed by atoms with E-state index in [-0.39, 0.29) is 17.2 Å². The van der Waals surface area contributed by atoms with Crippen molar-refractivity contribution in [1.82, 2.24) is 4.90 Å². The maximum atomic E-state index is 12.3. The number of rotatable bonds is 3. The predicted molar refractivity (Wildman–Crippen MR) is 71.6 cm³/mol. The van der Waals surface area contributed by atoms with Gasteiger partial charge in [-0.25, -0.2) is 0 Å². The smallest absolute Gasteiger partial charge is 0.227 e. The van der Waals surface area contributed by atoms with Crippen molar-refractivity contribution in [3.63, 3.8) is 0 Å². The molecule has 0 radical (unpaired) electrons. The van der Waals surface area contributed by atoms with Crippen LogP contribution >= 0.6 is 0 Å². The van der Waals surface area contributed by atoms with Gasteiger partial charge in [0.05, 0.1) is 5.92 Å². The minimum Gasteiger partial charge on any atom is -0.338 e. The third-order valence-electron chi connectivity index (χ3n) is 3.24. The van der Waals surface area contributed by atoms with Crippen LogP contribution in [0.2, 0.25) is 0 Å². The molecule has 0 spiro atoms.